The number of nitrogens with one attached hydrogen (secondary N) is 2. The van der Waals surface area contributed by atoms with Gasteiger partial charge in [0.2, 0.25) is 5.91 Å². The molecule has 20 heavy (non-hydrogen) atoms. The lowest BCUT2D eigenvalue weighted by Crippen LogP contribution is -2.30. The Hall–Kier alpha value is -1.59. The molecule has 5 nitrogen and oxygen atoms in total. The molecule has 0 aliphatic carbocycles. The molecule has 1 amide bonds. The molecule has 0 aromatic heterocycles. The van der Waals surface area contributed by atoms with Crippen LogP contribution >= 0.6 is 11.6 Å². The molecule has 0 bridgehead atoms. The van der Waals surface area contributed by atoms with E-state index >= 15 is 0 Å². The summed E-state index contributed by atoms with van der Waals surface area (Å²) in [7, 11) is 1.30. The molecule has 110 valence electrons. The lowest BCUT2D eigenvalue weighted by molar-refractivity contribution is -0.119. The van der Waals surface area contributed by atoms with Crippen molar-refractivity contribution in [2.75, 3.05) is 25.5 Å². The van der Waals surface area contributed by atoms with E-state index in [2.05, 4.69) is 15.4 Å². The number of halogens is 1. The zero-order valence-corrected chi connectivity index (χ0v) is 12.6. The van der Waals surface area contributed by atoms with E-state index in [1.165, 1.54) is 13.2 Å². The Morgan fingerprint density at radius 2 is 2.10 bits per heavy atom. The van der Waals surface area contributed by atoms with Crippen LogP contribution in [0.4, 0.5) is 5.69 Å². The van der Waals surface area contributed by atoms with Crippen molar-refractivity contribution < 1.29 is 14.3 Å². The van der Waals surface area contributed by atoms with Gasteiger partial charge in [0.25, 0.3) is 0 Å². The van der Waals surface area contributed by atoms with Crippen molar-refractivity contribution in [2.24, 2.45) is 5.92 Å². The van der Waals surface area contributed by atoms with E-state index in [0.717, 1.165) is 6.54 Å². The van der Waals surface area contributed by atoms with Crippen molar-refractivity contribution in [3.63, 3.8) is 0 Å². The van der Waals surface area contributed by atoms with E-state index in [4.69, 9.17) is 11.6 Å². The minimum absolute atomic E-state index is 0.158. The summed E-state index contributed by atoms with van der Waals surface area (Å²) in [6.07, 6.45) is 0. The highest BCUT2D eigenvalue weighted by Crippen LogP contribution is 2.24. The molecule has 0 radical (unpaired) electrons. The van der Waals surface area contributed by atoms with Gasteiger partial charge < -0.3 is 15.4 Å². The number of methoxy groups -OCH3 is 1. The second kappa shape index (κ2) is 7.87. The van der Waals surface area contributed by atoms with E-state index in [-0.39, 0.29) is 11.8 Å². The fourth-order valence-corrected chi connectivity index (χ4v) is 1.74. The number of anilines is 1. The van der Waals surface area contributed by atoms with Gasteiger partial charge in [-0.15, -0.1) is 0 Å². The number of hydrogen-bond acceptors (Lipinski definition) is 4. The van der Waals surface area contributed by atoms with Crippen LogP contribution in [-0.4, -0.2) is 32.1 Å². The first kappa shape index (κ1) is 16.5. The van der Waals surface area contributed by atoms with Gasteiger partial charge in [0.1, 0.15) is 0 Å². The Labute approximate surface area is 123 Å². The average molecular weight is 299 g/mol. The van der Waals surface area contributed by atoms with Crippen molar-refractivity contribution >= 4 is 29.2 Å². The van der Waals surface area contributed by atoms with Gasteiger partial charge in [-0.25, -0.2) is 4.79 Å². The molecule has 0 aliphatic heterocycles. The number of carbonyl (C=O) groups is 2. The van der Waals surface area contributed by atoms with Gasteiger partial charge in [-0.2, -0.15) is 0 Å². The first-order valence-electron chi connectivity index (χ1n) is 6.39. The second-order valence-corrected chi connectivity index (χ2v) is 4.79. The predicted octanol–water partition coefficient (Wildman–Crippen LogP) is 2.31. The lowest BCUT2D eigenvalue weighted by Gasteiger charge is -2.14. The van der Waals surface area contributed by atoms with Crippen LogP contribution in [0.3, 0.4) is 0 Å². The number of carbonyl (C=O) groups excluding carboxylic acids is 2. The van der Waals surface area contributed by atoms with Crippen LogP contribution < -0.4 is 10.6 Å². The maximum absolute atomic E-state index is 12.0. The summed E-state index contributed by atoms with van der Waals surface area (Å²) >= 11 is 6.01. The van der Waals surface area contributed by atoms with Crippen LogP contribution in [0.1, 0.15) is 24.2 Å². The molecular formula is C14H19ClN2O3. The third kappa shape index (κ3) is 4.51. The minimum Gasteiger partial charge on any atom is -0.465 e. The quantitative estimate of drug-likeness (QED) is 0.791. The Bertz CT molecular complexity index is 491. The SMILES string of the molecule is CCNCC(C)C(=O)Nc1cc(C(=O)OC)ccc1Cl. The molecule has 0 spiro atoms. The van der Waals surface area contributed by atoms with Crippen molar-refractivity contribution in [1.82, 2.24) is 5.32 Å². The minimum atomic E-state index is -0.474. The van der Waals surface area contributed by atoms with Crippen molar-refractivity contribution in [1.29, 1.82) is 0 Å². The second-order valence-electron chi connectivity index (χ2n) is 4.38. The average Bonchev–Trinajstić information content (AvgIpc) is 2.45. The zero-order valence-electron chi connectivity index (χ0n) is 11.8. The molecule has 0 saturated heterocycles. The lowest BCUT2D eigenvalue weighted by atomic mass is 10.1. The molecule has 1 rings (SSSR count). The summed E-state index contributed by atoms with van der Waals surface area (Å²) in [4.78, 5) is 23.4. The highest BCUT2D eigenvalue weighted by Gasteiger charge is 2.15. The van der Waals surface area contributed by atoms with E-state index in [1.54, 1.807) is 12.1 Å². The molecular weight excluding hydrogens is 280 g/mol. The van der Waals surface area contributed by atoms with E-state index < -0.39 is 5.97 Å². The fraction of sp³-hybridized carbons (Fsp3) is 0.429. The largest absolute Gasteiger partial charge is 0.465 e. The van der Waals surface area contributed by atoms with Gasteiger partial charge in [0, 0.05) is 12.5 Å². The van der Waals surface area contributed by atoms with E-state index in [1.807, 2.05) is 13.8 Å². The molecule has 1 aromatic carbocycles. The molecule has 0 fully saturated rings. The summed E-state index contributed by atoms with van der Waals surface area (Å²) in [5.41, 5.74) is 0.745. The summed E-state index contributed by atoms with van der Waals surface area (Å²) in [6, 6.07) is 4.61. The smallest absolute Gasteiger partial charge is 0.337 e. The summed E-state index contributed by atoms with van der Waals surface area (Å²) in [5.74, 6) is -0.833. The van der Waals surface area contributed by atoms with Crippen LogP contribution in [0, 0.1) is 5.92 Å². The van der Waals surface area contributed by atoms with Crippen LogP contribution in [0.15, 0.2) is 18.2 Å². The normalized spacial score (nSPS) is 11.8. The molecule has 6 heteroatoms. The Balaban J connectivity index is 2.80. The molecule has 0 heterocycles. The van der Waals surface area contributed by atoms with Crippen molar-refractivity contribution in [3.8, 4) is 0 Å². The Morgan fingerprint density at radius 3 is 2.70 bits per heavy atom. The van der Waals surface area contributed by atoms with Gasteiger partial charge in [-0.3, -0.25) is 4.79 Å². The van der Waals surface area contributed by atoms with Crippen molar-refractivity contribution in [2.45, 2.75) is 13.8 Å². The molecule has 1 aromatic rings. The number of ether oxygens (including phenoxy) is 1. The number of hydrogen-bond donors (Lipinski definition) is 2. The van der Waals surface area contributed by atoms with Gasteiger partial charge in [-0.1, -0.05) is 25.4 Å². The molecule has 0 saturated carbocycles. The Kier molecular flexibility index (Phi) is 6.48. The van der Waals surface area contributed by atoms with E-state index in [9.17, 15) is 9.59 Å². The highest BCUT2D eigenvalue weighted by atomic mass is 35.5. The first-order valence-corrected chi connectivity index (χ1v) is 6.76. The van der Waals surface area contributed by atoms with Gasteiger partial charge in [0.15, 0.2) is 0 Å². The Morgan fingerprint density at radius 1 is 1.40 bits per heavy atom. The van der Waals surface area contributed by atoms with Crippen LogP contribution in [0.5, 0.6) is 0 Å². The standard InChI is InChI=1S/C14H19ClN2O3/c1-4-16-8-9(2)13(18)17-12-7-10(14(19)20-3)5-6-11(12)15/h5-7,9,16H,4,8H2,1-3H3,(H,17,18). The molecule has 0 aliphatic rings. The predicted molar refractivity (Wildman–Crippen MR) is 79.1 cm³/mol. The maximum Gasteiger partial charge on any atom is 0.337 e. The fourth-order valence-electron chi connectivity index (χ4n) is 1.58. The highest BCUT2D eigenvalue weighted by molar-refractivity contribution is 6.33. The zero-order chi connectivity index (χ0) is 15.1. The topological polar surface area (TPSA) is 67.4 Å². The monoisotopic (exact) mass is 298 g/mol. The third-order valence-corrected chi connectivity index (χ3v) is 3.12. The first-order chi connectivity index (χ1) is 9.49. The van der Waals surface area contributed by atoms with Gasteiger partial charge in [0.05, 0.1) is 23.4 Å². The molecule has 1 unspecified atom stereocenters. The van der Waals surface area contributed by atoms with Gasteiger partial charge >= 0.3 is 5.97 Å². The van der Waals surface area contributed by atoms with Crippen LogP contribution in [0.2, 0.25) is 5.02 Å². The third-order valence-electron chi connectivity index (χ3n) is 2.79. The number of rotatable bonds is 6. The number of benzene rings is 1. The van der Waals surface area contributed by atoms with Crippen molar-refractivity contribution in [3.05, 3.63) is 28.8 Å². The summed E-state index contributed by atoms with van der Waals surface area (Å²) < 4.78 is 4.63. The number of esters is 1. The molecule has 1 atom stereocenters. The molecule has 2 N–H and O–H groups in total. The van der Waals surface area contributed by atoms with Gasteiger partial charge in [-0.05, 0) is 24.7 Å². The number of amides is 1. The van der Waals surface area contributed by atoms with Crippen LogP contribution in [0.25, 0.3) is 0 Å². The summed E-state index contributed by atoms with van der Waals surface area (Å²) in [6.45, 7) is 5.17. The van der Waals surface area contributed by atoms with E-state index in [0.29, 0.717) is 22.8 Å². The summed E-state index contributed by atoms with van der Waals surface area (Å²) in [5, 5.41) is 6.20. The van der Waals surface area contributed by atoms with Crippen LogP contribution in [-0.2, 0) is 9.53 Å². The maximum atomic E-state index is 12.0.